The van der Waals surface area contributed by atoms with Crippen molar-refractivity contribution in [1.82, 2.24) is 10.3 Å². The summed E-state index contributed by atoms with van der Waals surface area (Å²) in [6, 6.07) is 6.81. The van der Waals surface area contributed by atoms with Crippen LogP contribution in [0.15, 0.2) is 30.5 Å². The van der Waals surface area contributed by atoms with E-state index in [4.69, 9.17) is 27.9 Å². The maximum atomic E-state index is 11.9. The summed E-state index contributed by atoms with van der Waals surface area (Å²) in [6.45, 7) is 1.34. The Labute approximate surface area is 137 Å². The number of alkyl halides is 2. The van der Waals surface area contributed by atoms with Crippen molar-refractivity contribution in [2.24, 2.45) is 0 Å². The van der Waals surface area contributed by atoms with E-state index in [1.807, 2.05) is 24.3 Å². The van der Waals surface area contributed by atoms with Crippen molar-refractivity contribution in [3.05, 3.63) is 36.0 Å². The van der Waals surface area contributed by atoms with Crippen LogP contribution in [0.5, 0.6) is 0 Å². The van der Waals surface area contributed by atoms with Crippen LogP contribution in [0.25, 0.3) is 10.9 Å². The summed E-state index contributed by atoms with van der Waals surface area (Å²) >= 11 is 11.5. The van der Waals surface area contributed by atoms with E-state index in [1.54, 1.807) is 6.20 Å². The number of hydrogen-bond donors (Lipinski definition) is 2. The standard InChI is InChI=1S/C15H16Cl2N2O3/c1-15(16,17)14(21)19-12(13(20)22-2)7-9-8-18-11-6-4-3-5-10(9)11/h3-6,8,12,18H,7H2,1-2H3,(H,19,21)/t12-/m0/s1. The first-order valence-corrected chi connectivity index (χ1v) is 7.40. The van der Waals surface area contributed by atoms with E-state index in [9.17, 15) is 9.59 Å². The highest BCUT2D eigenvalue weighted by Gasteiger charge is 2.32. The quantitative estimate of drug-likeness (QED) is 0.647. The molecule has 0 radical (unpaired) electrons. The molecule has 1 aromatic carbocycles. The van der Waals surface area contributed by atoms with Gasteiger partial charge in [0.15, 0.2) is 4.33 Å². The fraction of sp³-hybridized carbons (Fsp3) is 0.333. The third-order valence-corrected chi connectivity index (χ3v) is 3.63. The van der Waals surface area contributed by atoms with Gasteiger partial charge in [-0.05, 0) is 18.6 Å². The number of amides is 1. The van der Waals surface area contributed by atoms with E-state index < -0.39 is 22.3 Å². The molecule has 0 fully saturated rings. The molecule has 1 amide bonds. The second kappa shape index (κ2) is 6.58. The minimum Gasteiger partial charge on any atom is -0.467 e. The largest absolute Gasteiger partial charge is 0.467 e. The van der Waals surface area contributed by atoms with Crippen LogP contribution in [-0.4, -0.2) is 34.3 Å². The van der Waals surface area contributed by atoms with Crippen LogP contribution in [0.1, 0.15) is 12.5 Å². The minimum atomic E-state index is -1.62. The Morgan fingerprint density at radius 3 is 2.68 bits per heavy atom. The lowest BCUT2D eigenvalue weighted by Gasteiger charge is -2.20. The van der Waals surface area contributed by atoms with Crippen molar-refractivity contribution in [2.45, 2.75) is 23.7 Å². The summed E-state index contributed by atoms with van der Waals surface area (Å²) in [5.74, 6) is -1.21. The van der Waals surface area contributed by atoms with Gasteiger partial charge >= 0.3 is 5.97 Å². The molecule has 0 saturated heterocycles. The first-order valence-electron chi connectivity index (χ1n) is 6.64. The van der Waals surface area contributed by atoms with Crippen molar-refractivity contribution in [3.8, 4) is 0 Å². The number of fused-ring (bicyclic) bond motifs is 1. The highest BCUT2D eigenvalue weighted by atomic mass is 35.5. The Kier molecular flexibility index (Phi) is 4.98. The highest BCUT2D eigenvalue weighted by Crippen LogP contribution is 2.22. The molecule has 0 saturated carbocycles. The summed E-state index contributed by atoms with van der Waals surface area (Å²) in [5, 5.41) is 3.50. The van der Waals surface area contributed by atoms with Crippen LogP contribution in [0.2, 0.25) is 0 Å². The van der Waals surface area contributed by atoms with E-state index in [2.05, 4.69) is 10.3 Å². The second-order valence-electron chi connectivity index (χ2n) is 5.00. The van der Waals surface area contributed by atoms with Gasteiger partial charge in [-0.2, -0.15) is 0 Å². The van der Waals surface area contributed by atoms with Gasteiger partial charge in [-0.3, -0.25) is 4.79 Å². The van der Waals surface area contributed by atoms with Crippen LogP contribution in [0.3, 0.4) is 0 Å². The van der Waals surface area contributed by atoms with Crippen molar-refractivity contribution < 1.29 is 14.3 Å². The first-order chi connectivity index (χ1) is 10.3. The Morgan fingerprint density at radius 1 is 1.36 bits per heavy atom. The van der Waals surface area contributed by atoms with E-state index >= 15 is 0 Å². The zero-order valence-corrected chi connectivity index (χ0v) is 13.7. The van der Waals surface area contributed by atoms with Crippen molar-refractivity contribution in [3.63, 3.8) is 0 Å². The molecule has 5 nitrogen and oxygen atoms in total. The monoisotopic (exact) mass is 342 g/mol. The zero-order valence-electron chi connectivity index (χ0n) is 12.2. The number of rotatable bonds is 5. The van der Waals surface area contributed by atoms with E-state index in [1.165, 1.54) is 14.0 Å². The van der Waals surface area contributed by atoms with E-state index in [-0.39, 0.29) is 6.42 Å². The number of esters is 1. The fourth-order valence-corrected chi connectivity index (χ4v) is 2.25. The lowest BCUT2D eigenvalue weighted by molar-refractivity contribution is -0.145. The second-order valence-corrected chi connectivity index (χ2v) is 6.71. The molecular weight excluding hydrogens is 327 g/mol. The summed E-state index contributed by atoms with van der Waals surface area (Å²) in [6.07, 6.45) is 2.07. The molecule has 7 heteroatoms. The number of H-pyrrole nitrogens is 1. The molecule has 1 atom stereocenters. The van der Waals surface area contributed by atoms with E-state index in [0.717, 1.165) is 16.5 Å². The molecule has 2 N–H and O–H groups in total. The lowest BCUT2D eigenvalue weighted by Crippen LogP contribution is -2.48. The van der Waals surface area contributed by atoms with Crippen LogP contribution in [-0.2, 0) is 20.7 Å². The number of carbonyl (C=O) groups excluding carboxylic acids is 2. The summed E-state index contributed by atoms with van der Waals surface area (Å²) in [7, 11) is 1.26. The average molecular weight is 343 g/mol. The molecule has 0 bridgehead atoms. The van der Waals surface area contributed by atoms with Gasteiger partial charge in [0, 0.05) is 23.5 Å². The zero-order chi connectivity index (χ0) is 16.3. The Morgan fingerprint density at radius 2 is 2.05 bits per heavy atom. The van der Waals surface area contributed by atoms with Crippen molar-refractivity contribution in [2.75, 3.05) is 7.11 Å². The number of benzene rings is 1. The summed E-state index contributed by atoms with van der Waals surface area (Å²) < 4.78 is 3.12. The molecule has 1 aromatic heterocycles. The summed E-state index contributed by atoms with van der Waals surface area (Å²) in [5.41, 5.74) is 1.84. The fourth-order valence-electron chi connectivity index (χ4n) is 2.14. The third kappa shape index (κ3) is 3.72. The number of halogens is 2. The number of methoxy groups -OCH3 is 1. The van der Waals surface area contributed by atoms with Gasteiger partial charge in [0.25, 0.3) is 5.91 Å². The highest BCUT2D eigenvalue weighted by molar-refractivity contribution is 6.57. The van der Waals surface area contributed by atoms with Gasteiger partial charge in [-0.1, -0.05) is 41.4 Å². The number of nitrogens with one attached hydrogen (secondary N) is 2. The van der Waals surface area contributed by atoms with Gasteiger partial charge < -0.3 is 15.0 Å². The van der Waals surface area contributed by atoms with Crippen LogP contribution in [0.4, 0.5) is 0 Å². The predicted octanol–water partition coefficient (Wildman–Crippen LogP) is 2.56. The van der Waals surface area contributed by atoms with Gasteiger partial charge in [-0.25, -0.2) is 4.79 Å². The molecular formula is C15H16Cl2N2O3. The normalized spacial score (nSPS) is 12.9. The maximum absolute atomic E-state index is 11.9. The number of ether oxygens (including phenoxy) is 1. The molecule has 2 rings (SSSR count). The minimum absolute atomic E-state index is 0.270. The SMILES string of the molecule is COC(=O)[C@H](Cc1c[nH]c2ccccc12)NC(=O)C(C)(Cl)Cl. The number of para-hydroxylation sites is 1. The third-order valence-electron chi connectivity index (χ3n) is 3.29. The van der Waals surface area contributed by atoms with Gasteiger partial charge in [0.1, 0.15) is 6.04 Å². The van der Waals surface area contributed by atoms with Crippen LogP contribution >= 0.6 is 23.2 Å². The number of carbonyl (C=O) groups is 2. The maximum Gasteiger partial charge on any atom is 0.328 e. The summed E-state index contributed by atoms with van der Waals surface area (Å²) in [4.78, 5) is 26.9. The molecule has 22 heavy (non-hydrogen) atoms. The van der Waals surface area contributed by atoms with E-state index in [0.29, 0.717) is 0 Å². The number of hydrogen-bond acceptors (Lipinski definition) is 3. The lowest BCUT2D eigenvalue weighted by atomic mass is 10.0. The van der Waals surface area contributed by atoms with Crippen molar-refractivity contribution in [1.29, 1.82) is 0 Å². The molecule has 0 spiro atoms. The average Bonchev–Trinajstić information content (AvgIpc) is 2.88. The van der Waals surface area contributed by atoms with Gasteiger partial charge in [0.05, 0.1) is 7.11 Å². The van der Waals surface area contributed by atoms with Gasteiger partial charge in [-0.15, -0.1) is 0 Å². The van der Waals surface area contributed by atoms with Crippen LogP contribution < -0.4 is 5.32 Å². The predicted molar refractivity (Wildman–Crippen MR) is 86.1 cm³/mol. The molecule has 0 aliphatic heterocycles. The van der Waals surface area contributed by atoms with Gasteiger partial charge in [0.2, 0.25) is 0 Å². The topological polar surface area (TPSA) is 71.2 Å². The van der Waals surface area contributed by atoms with Crippen molar-refractivity contribution >= 4 is 46.0 Å². The number of aromatic nitrogens is 1. The molecule has 118 valence electrons. The molecule has 0 unspecified atom stereocenters. The molecule has 0 aliphatic rings. The molecule has 0 aliphatic carbocycles. The molecule has 1 heterocycles. The number of aromatic amines is 1. The Bertz CT molecular complexity index is 691. The van der Waals surface area contributed by atoms with Crippen LogP contribution in [0, 0.1) is 0 Å². The Hall–Kier alpha value is -1.72. The smallest absolute Gasteiger partial charge is 0.328 e. The first kappa shape index (κ1) is 16.6. The molecule has 2 aromatic rings. The Balaban J connectivity index is 2.23.